The summed E-state index contributed by atoms with van der Waals surface area (Å²) >= 11 is 1.22. The lowest BCUT2D eigenvalue weighted by Crippen LogP contribution is -2.26. The average molecular weight is 500 g/mol. The third-order valence-corrected chi connectivity index (χ3v) is 8.32. The van der Waals surface area contributed by atoms with Crippen molar-refractivity contribution in [2.45, 2.75) is 24.7 Å². The van der Waals surface area contributed by atoms with Crippen LogP contribution < -0.4 is 13.8 Å². The van der Waals surface area contributed by atoms with Gasteiger partial charge in [-0.3, -0.25) is 4.31 Å². The summed E-state index contributed by atoms with van der Waals surface area (Å²) in [6, 6.07) is 14.3. The SMILES string of the molecule is COc1ccc(-c2noc(-c3sccc3S(=O)(=O)N(C)c3ccc(C(C)C)cc3)n2)c(OC)c1. The molecule has 10 heteroatoms. The zero-order valence-corrected chi connectivity index (χ0v) is 21.1. The number of benzene rings is 2. The second kappa shape index (κ2) is 9.47. The van der Waals surface area contributed by atoms with Crippen molar-refractivity contribution in [1.29, 1.82) is 0 Å². The molecule has 8 nitrogen and oxygen atoms in total. The standard InChI is InChI=1S/C24H25N3O5S2/c1-15(2)16-6-8-17(9-7-16)27(3)34(28,29)21-12-13-33-22(21)24-25-23(26-32-24)19-11-10-18(30-4)14-20(19)31-5/h6-15H,1-5H3. The Balaban J connectivity index is 1.68. The number of anilines is 1. The minimum Gasteiger partial charge on any atom is -0.497 e. The van der Waals surface area contributed by atoms with Crippen LogP contribution in [-0.4, -0.2) is 39.8 Å². The normalized spacial score (nSPS) is 11.6. The largest absolute Gasteiger partial charge is 0.497 e. The zero-order valence-electron chi connectivity index (χ0n) is 19.5. The van der Waals surface area contributed by atoms with Crippen LogP contribution in [0.15, 0.2) is 63.3 Å². The molecule has 2 heterocycles. The molecule has 0 saturated heterocycles. The van der Waals surface area contributed by atoms with E-state index in [1.54, 1.807) is 48.9 Å². The van der Waals surface area contributed by atoms with Gasteiger partial charge >= 0.3 is 0 Å². The van der Waals surface area contributed by atoms with Crippen LogP contribution in [0.25, 0.3) is 22.2 Å². The molecule has 0 saturated carbocycles. The number of sulfonamides is 1. The second-order valence-corrected chi connectivity index (χ2v) is 10.7. The van der Waals surface area contributed by atoms with Crippen LogP contribution in [0.1, 0.15) is 25.3 Å². The van der Waals surface area contributed by atoms with Crippen molar-refractivity contribution in [3.63, 3.8) is 0 Å². The fourth-order valence-electron chi connectivity index (χ4n) is 3.42. The van der Waals surface area contributed by atoms with E-state index in [0.717, 1.165) is 5.56 Å². The van der Waals surface area contributed by atoms with Crippen molar-refractivity contribution in [2.24, 2.45) is 0 Å². The molecule has 0 N–H and O–H groups in total. The molecular formula is C24H25N3O5S2. The first-order valence-corrected chi connectivity index (χ1v) is 12.8. The topological polar surface area (TPSA) is 94.8 Å². The summed E-state index contributed by atoms with van der Waals surface area (Å²) in [6.45, 7) is 4.18. The Morgan fingerprint density at radius 3 is 2.41 bits per heavy atom. The second-order valence-electron chi connectivity index (χ2n) is 7.82. The summed E-state index contributed by atoms with van der Waals surface area (Å²) in [7, 11) is 0.767. The minimum atomic E-state index is -3.86. The molecule has 0 unspecified atom stereocenters. The van der Waals surface area contributed by atoms with Gasteiger partial charge in [-0.2, -0.15) is 4.98 Å². The van der Waals surface area contributed by atoms with Gasteiger partial charge in [0.15, 0.2) is 0 Å². The van der Waals surface area contributed by atoms with Crippen molar-refractivity contribution in [3.8, 4) is 33.7 Å². The lowest BCUT2D eigenvalue weighted by atomic mass is 10.0. The maximum Gasteiger partial charge on any atom is 0.269 e. The van der Waals surface area contributed by atoms with Crippen molar-refractivity contribution >= 4 is 27.0 Å². The molecule has 0 radical (unpaired) electrons. The first kappa shape index (κ1) is 23.8. The quantitative estimate of drug-likeness (QED) is 0.319. The van der Waals surface area contributed by atoms with E-state index in [0.29, 0.717) is 33.5 Å². The lowest BCUT2D eigenvalue weighted by molar-refractivity contribution is 0.394. The molecule has 2 aromatic carbocycles. The maximum atomic E-state index is 13.5. The van der Waals surface area contributed by atoms with E-state index >= 15 is 0 Å². The highest BCUT2D eigenvalue weighted by molar-refractivity contribution is 7.93. The summed E-state index contributed by atoms with van der Waals surface area (Å²) in [5.74, 6) is 1.89. The summed E-state index contributed by atoms with van der Waals surface area (Å²) in [4.78, 5) is 4.93. The Kier molecular flexibility index (Phi) is 6.63. The summed E-state index contributed by atoms with van der Waals surface area (Å²) in [6.07, 6.45) is 0. The molecule has 0 aliphatic carbocycles. The molecule has 0 atom stereocenters. The predicted octanol–water partition coefficient (Wildman–Crippen LogP) is 5.43. The Labute approximate surface area is 202 Å². The van der Waals surface area contributed by atoms with Crippen molar-refractivity contribution in [2.75, 3.05) is 25.6 Å². The van der Waals surface area contributed by atoms with Crippen LogP contribution in [0.4, 0.5) is 5.69 Å². The zero-order chi connectivity index (χ0) is 24.5. The molecule has 0 aliphatic heterocycles. The third-order valence-electron chi connectivity index (χ3n) is 5.46. The highest BCUT2D eigenvalue weighted by Crippen LogP contribution is 2.37. The summed E-state index contributed by atoms with van der Waals surface area (Å²) < 4.78 is 44.3. The number of rotatable bonds is 8. The van der Waals surface area contributed by atoms with Gasteiger partial charge in [-0.25, -0.2) is 8.42 Å². The maximum absolute atomic E-state index is 13.5. The molecule has 0 bridgehead atoms. The van der Waals surface area contributed by atoms with E-state index in [1.165, 1.54) is 29.8 Å². The number of hydrogen-bond donors (Lipinski definition) is 0. The Morgan fingerprint density at radius 2 is 1.76 bits per heavy atom. The van der Waals surface area contributed by atoms with Crippen LogP contribution in [0.5, 0.6) is 11.5 Å². The molecule has 34 heavy (non-hydrogen) atoms. The van der Waals surface area contributed by atoms with Gasteiger partial charge in [0.2, 0.25) is 5.82 Å². The molecule has 4 rings (SSSR count). The molecule has 178 valence electrons. The number of ether oxygens (including phenoxy) is 2. The number of aromatic nitrogens is 2. The third kappa shape index (κ3) is 4.38. The van der Waals surface area contributed by atoms with Crippen LogP contribution >= 0.6 is 11.3 Å². The van der Waals surface area contributed by atoms with Gasteiger partial charge in [-0.05, 0) is 47.2 Å². The predicted molar refractivity (Wildman–Crippen MR) is 132 cm³/mol. The highest BCUT2D eigenvalue weighted by atomic mass is 32.2. The van der Waals surface area contributed by atoms with Gasteiger partial charge in [0.1, 0.15) is 21.3 Å². The van der Waals surface area contributed by atoms with Gasteiger partial charge in [-0.1, -0.05) is 31.1 Å². The number of nitrogens with zero attached hydrogens (tertiary/aromatic N) is 3. The van der Waals surface area contributed by atoms with Gasteiger partial charge < -0.3 is 14.0 Å². The summed E-state index contributed by atoms with van der Waals surface area (Å²) in [5, 5.41) is 5.74. The molecule has 0 spiro atoms. The molecule has 0 aliphatic rings. The van der Waals surface area contributed by atoms with Crippen molar-refractivity contribution < 1.29 is 22.4 Å². The van der Waals surface area contributed by atoms with E-state index in [9.17, 15) is 8.42 Å². The summed E-state index contributed by atoms with van der Waals surface area (Å²) in [5.41, 5.74) is 2.30. The van der Waals surface area contributed by atoms with Crippen molar-refractivity contribution in [3.05, 3.63) is 59.5 Å². The van der Waals surface area contributed by atoms with E-state index in [1.807, 2.05) is 12.1 Å². The smallest absolute Gasteiger partial charge is 0.269 e. The number of hydrogen-bond acceptors (Lipinski definition) is 8. The minimum absolute atomic E-state index is 0.102. The van der Waals surface area contributed by atoms with Gasteiger partial charge in [-0.15, -0.1) is 11.3 Å². The highest BCUT2D eigenvalue weighted by Gasteiger charge is 2.29. The average Bonchev–Trinajstić information content (AvgIpc) is 3.53. The molecule has 4 aromatic rings. The van der Waals surface area contributed by atoms with Gasteiger partial charge in [0.05, 0.1) is 25.5 Å². The molecule has 2 aromatic heterocycles. The van der Waals surface area contributed by atoms with Crippen LogP contribution in [0.2, 0.25) is 0 Å². The van der Waals surface area contributed by atoms with Crippen molar-refractivity contribution in [1.82, 2.24) is 10.1 Å². The van der Waals surface area contributed by atoms with Crippen LogP contribution in [0, 0.1) is 0 Å². The van der Waals surface area contributed by atoms with E-state index in [2.05, 4.69) is 24.0 Å². The van der Waals surface area contributed by atoms with Crippen LogP contribution in [0.3, 0.4) is 0 Å². The number of thiophene rings is 1. The Bertz CT molecular complexity index is 1390. The van der Waals surface area contributed by atoms with E-state index < -0.39 is 10.0 Å². The fourth-order valence-corrected chi connectivity index (χ4v) is 5.93. The van der Waals surface area contributed by atoms with Gasteiger partial charge in [0, 0.05) is 13.1 Å². The number of methoxy groups -OCH3 is 2. The lowest BCUT2D eigenvalue weighted by Gasteiger charge is -2.20. The van der Waals surface area contributed by atoms with E-state index in [-0.39, 0.29) is 16.6 Å². The van der Waals surface area contributed by atoms with E-state index in [4.69, 9.17) is 14.0 Å². The molecule has 0 amide bonds. The van der Waals surface area contributed by atoms with Crippen LogP contribution in [-0.2, 0) is 10.0 Å². The Morgan fingerprint density at radius 1 is 1.03 bits per heavy atom. The Hall–Kier alpha value is -3.37. The first-order valence-electron chi connectivity index (χ1n) is 10.5. The molecular weight excluding hydrogens is 474 g/mol. The monoisotopic (exact) mass is 499 g/mol. The fraction of sp³-hybridized carbons (Fsp3) is 0.250. The molecule has 0 fully saturated rings. The van der Waals surface area contributed by atoms with Gasteiger partial charge in [0.25, 0.3) is 15.9 Å². The first-order chi connectivity index (χ1) is 16.3.